The van der Waals surface area contributed by atoms with Crippen molar-refractivity contribution in [2.45, 2.75) is 6.18 Å². The lowest BCUT2D eigenvalue weighted by atomic mass is 10.1. The van der Waals surface area contributed by atoms with Gasteiger partial charge in [-0.15, -0.1) is 0 Å². The van der Waals surface area contributed by atoms with E-state index >= 15 is 0 Å². The van der Waals surface area contributed by atoms with Gasteiger partial charge in [0.2, 0.25) is 5.88 Å². The molecule has 0 unspecified atom stereocenters. The maximum Gasteiger partial charge on any atom is 0.419 e. The van der Waals surface area contributed by atoms with Gasteiger partial charge in [0.25, 0.3) is 5.91 Å². The number of methoxy groups -OCH3 is 2. The van der Waals surface area contributed by atoms with Crippen molar-refractivity contribution in [2.24, 2.45) is 0 Å². The number of rotatable bonds is 5. The van der Waals surface area contributed by atoms with Crippen molar-refractivity contribution in [1.29, 1.82) is 5.26 Å². The number of aromatic nitrogens is 1. The zero-order valence-electron chi connectivity index (χ0n) is 16.0. The first-order chi connectivity index (χ1) is 14.7. The van der Waals surface area contributed by atoms with E-state index in [4.69, 9.17) is 14.0 Å². The number of halogens is 4. The van der Waals surface area contributed by atoms with Gasteiger partial charge in [-0.25, -0.2) is 4.39 Å². The van der Waals surface area contributed by atoms with Crippen molar-refractivity contribution in [2.75, 3.05) is 19.5 Å². The molecule has 0 radical (unpaired) electrons. The molecule has 31 heavy (non-hydrogen) atoms. The molecule has 1 N–H and O–H groups in total. The number of anilines is 1. The highest BCUT2D eigenvalue weighted by molar-refractivity contribution is 6.04. The summed E-state index contributed by atoms with van der Waals surface area (Å²) in [4.78, 5) is 12.4. The molecule has 0 saturated carbocycles. The number of amides is 1. The van der Waals surface area contributed by atoms with Crippen LogP contribution in [0.5, 0.6) is 11.5 Å². The van der Waals surface area contributed by atoms with E-state index in [1.54, 1.807) is 18.2 Å². The van der Waals surface area contributed by atoms with Crippen LogP contribution in [0.2, 0.25) is 0 Å². The summed E-state index contributed by atoms with van der Waals surface area (Å²) < 4.78 is 67.5. The number of hydrogen-bond donors (Lipinski definition) is 1. The third-order valence-electron chi connectivity index (χ3n) is 4.23. The van der Waals surface area contributed by atoms with Crippen LogP contribution in [0.4, 0.5) is 23.4 Å². The minimum Gasteiger partial charge on any atom is -0.497 e. The Morgan fingerprint density at radius 2 is 1.90 bits per heavy atom. The number of nitrogens with one attached hydrogen (secondary N) is 1. The van der Waals surface area contributed by atoms with Crippen molar-refractivity contribution in [1.82, 2.24) is 5.16 Å². The number of carbonyl (C=O) groups excluding carboxylic acids is 1. The van der Waals surface area contributed by atoms with Gasteiger partial charge in [-0.1, -0.05) is 5.16 Å². The van der Waals surface area contributed by atoms with E-state index in [1.807, 2.05) is 6.07 Å². The molecule has 11 heteroatoms. The van der Waals surface area contributed by atoms with E-state index < -0.39 is 34.9 Å². The monoisotopic (exact) mass is 435 g/mol. The van der Waals surface area contributed by atoms with E-state index in [-0.39, 0.29) is 11.3 Å². The maximum atomic E-state index is 13.4. The Morgan fingerprint density at radius 1 is 1.16 bits per heavy atom. The number of carbonyl (C=O) groups is 1. The molecule has 3 aromatic rings. The molecule has 0 aliphatic heterocycles. The van der Waals surface area contributed by atoms with E-state index in [9.17, 15) is 27.6 Å². The standard InChI is InChI=1S/C20H13F4N3O4/c1-29-11-4-5-12(16(8-11)30-2)17-13(9-25)19(31-27-17)26-18(28)10-3-6-15(21)14(7-10)20(22,23)24/h3-8H,1-2H3,(H,26,28). The molecule has 0 atom stereocenters. The van der Waals surface area contributed by atoms with Gasteiger partial charge in [0.05, 0.1) is 19.8 Å². The van der Waals surface area contributed by atoms with Crippen LogP contribution in [0.15, 0.2) is 40.9 Å². The third kappa shape index (κ3) is 4.28. The van der Waals surface area contributed by atoms with Gasteiger partial charge < -0.3 is 14.0 Å². The molecule has 0 spiro atoms. The summed E-state index contributed by atoms with van der Waals surface area (Å²) in [6, 6.07) is 8.27. The van der Waals surface area contributed by atoms with Gasteiger partial charge in [-0.05, 0) is 30.3 Å². The van der Waals surface area contributed by atoms with Crippen molar-refractivity contribution in [3.63, 3.8) is 0 Å². The van der Waals surface area contributed by atoms with E-state index in [2.05, 4.69) is 10.5 Å². The highest BCUT2D eigenvalue weighted by Gasteiger charge is 2.35. The SMILES string of the molecule is COc1ccc(-c2noc(NC(=O)c3ccc(F)c(C(F)(F)F)c3)c2C#N)c(OC)c1. The molecular formula is C20H13F4N3O4. The van der Waals surface area contributed by atoms with Crippen LogP contribution in [-0.4, -0.2) is 25.3 Å². The second kappa shape index (κ2) is 8.35. The second-order valence-electron chi connectivity index (χ2n) is 6.06. The molecule has 2 aromatic carbocycles. The average molecular weight is 435 g/mol. The summed E-state index contributed by atoms with van der Waals surface area (Å²) >= 11 is 0. The summed E-state index contributed by atoms with van der Waals surface area (Å²) in [5, 5.41) is 15.5. The van der Waals surface area contributed by atoms with Gasteiger partial charge in [-0.2, -0.15) is 18.4 Å². The lowest BCUT2D eigenvalue weighted by Crippen LogP contribution is -2.15. The molecule has 1 amide bonds. The fraction of sp³-hybridized carbons (Fsp3) is 0.150. The quantitative estimate of drug-likeness (QED) is 0.587. The Balaban J connectivity index is 1.96. The molecule has 7 nitrogen and oxygen atoms in total. The largest absolute Gasteiger partial charge is 0.497 e. The first-order valence-corrected chi connectivity index (χ1v) is 8.49. The topological polar surface area (TPSA) is 97.4 Å². The fourth-order valence-corrected chi connectivity index (χ4v) is 2.72. The average Bonchev–Trinajstić information content (AvgIpc) is 3.14. The molecule has 0 aliphatic carbocycles. The van der Waals surface area contributed by atoms with Gasteiger partial charge in [0, 0.05) is 17.2 Å². The van der Waals surface area contributed by atoms with E-state index in [1.165, 1.54) is 14.2 Å². The van der Waals surface area contributed by atoms with Gasteiger partial charge in [0.15, 0.2) is 0 Å². The summed E-state index contributed by atoms with van der Waals surface area (Å²) in [6.07, 6.45) is -4.98. The van der Waals surface area contributed by atoms with Crippen LogP contribution >= 0.6 is 0 Å². The number of alkyl halides is 3. The van der Waals surface area contributed by atoms with Crippen LogP contribution in [0.3, 0.4) is 0 Å². The smallest absolute Gasteiger partial charge is 0.419 e. The number of hydrogen-bond acceptors (Lipinski definition) is 6. The molecule has 0 aliphatic rings. The lowest BCUT2D eigenvalue weighted by Gasteiger charge is -2.10. The normalized spacial score (nSPS) is 11.0. The Kier molecular flexibility index (Phi) is 5.83. The highest BCUT2D eigenvalue weighted by atomic mass is 19.4. The third-order valence-corrected chi connectivity index (χ3v) is 4.23. The summed E-state index contributed by atoms with van der Waals surface area (Å²) in [7, 11) is 2.85. The summed E-state index contributed by atoms with van der Waals surface area (Å²) in [6.45, 7) is 0. The molecule has 0 saturated heterocycles. The van der Waals surface area contributed by atoms with Crippen molar-refractivity contribution < 1.29 is 36.4 Å². The fourth-order valence-electron chi connectivity index (χ4n) is 2.72. The number of benzene rings is 2. The minimum atomic E-state index is -4.98. The maximum absolute atomic E-state index is 13.4. The molecule has 1 aromatic heterocycles. The minimum absolute atomic E-state index is 0.0346. The van der Waals surface area contributed by atoms with Gasteiger partial charge >= 0.3 is 6.18 Å². The highest BCUT2D eigenvalue weighted by Crippen LogP contribution is 2.37. The summed E-state index contributed by atoms with van der Waals surface area (Å²) in [5.41, 5.74) is -1.88. The Hall–Kier alpha value is -4.07. The molecule has 160 valence electrons. The Labute approximate surface area is 172 Å². The van der Waals surface area contributed by atoms with E-state index in [0.717, 1.165) is 6.07 Å². The zero-order chi connectivity index (χ0) is 22.8. The first kappa shape index (κ1) is 21.6. The number of nitriles is 1. The lowest BCUT2D eigenvalue weighted by molar-refractivity contribution is -0.140. The predicted molar refractivity (Wildman–Crippen MR) is 99.1 cm³/mol. The second-order valence-corrected chi connectivity index (χ2v) is 6.06. The predicted octanol–water partition coefficient (Wildman–Crippen LogP) is 4.64. The molecule has 0 bridgehead atoms. The van der Waals surface area contributed by atoms with Crippen molar-refractivity contribution >= 4 is 11.8 Å². The van der Waals surface area contributed by atoms with Crippen LogP contribution in [0.25, 0.3) is 11.3 Å². The van der Waals surface area contributed by atoms with Gasteiger partial charge in [0.1, 0.15) is 34.6 Å². The first-order valence-electron chi connectivity index (χ1n) is 8.49. The summed E-state index contributed by atoms with van der Waals surface area (Å²) in [5.74, 6) is -2.18. The van der Waals surface area contributed by atoms with E-state index in [0.29, 0.717) is 29.2 Å². The Bertz CT molecular complexity index is 1180. The molecule has 3 rings (SSSR count). The van der Waals surface area contributed by atoms with Crippen LogP contribution in [-0.2, 0) is 6.18 Å². The van der Waals surface area contributed by atoms with Crippen LogP contribution in [0, 0.1) is 17.1 Å². The molecule has 1 heterocycles. The number of nitrogens with zero attached hydrogens (tertiary/aromatic N) is 2. The van der Waals surface area contributed by atoms with Crippen molar-refractivity contribution in [3.8, 4) is 28.8 Å². The molecular weight excluding hydrogens is 422 g/mol. The van der Waals surface area contributed by atoms with Gasteiger partial charge in [-0.3, -0.25) is 10.1 Å². The van der Waals surface area contributed by atoms with Crippen molar-refractivity contribution in [3.05, 3.63) is 58.9 Å². The number of ether oxygens (including phenoxy) is 2. The van der Waals surface area contributed by atoms with Crippen LogP contribution < -0.4 is 14.8 Å². The van der Waals surface area contributed by atoms with Crippen LogP contribution in [0.1, 0.15) is 21.5 Å². The zero-order valence-corrected chi connectivity index (χ0v) is 16.0. The molecule has 0 fully saturated rings. The Morgan fingerprint density at radius 3 is 2.52 bits per heavy atom.